The summed E-state index contributed by atoms with van der Waals surface area (Å²) in [5.41, 5.74) is 3.30. The first kappa shape index (κ1) is 13.6. The molecule has 0 saturated heterocycles. The molecule has 0 aliphatic rings. The molecule has 4 heteroatoms. The first-order valence-electron chi connectivity index (χ1n) is 5.71. The Bertz CT molecular complexity index is 555. The summed E-state index contributed by atoms with van der Waals surface area (Å²) in [6.07, 6.45) is 1.81. The van der Waals surface area contributed by atoms with Gasteiger partial charge in [-0.1, -0.05) is 37.9 Å². The monoisotopic (exact) mass is 368 g/mol. The Morgan fingerprint density at radius 3 is 2.67 bits per heavy atom. The van der Waals surface area contributed by atoms with Gasteiger partial charge in [0.05, 0.1) is 11.4 Å². The smallest absolute Gasteiger partial charge is 0.0603 e. The Labute approximate surface area is 124 Å². The van der Waals surface area contributed by atoms with Crippen LogP contribution in [-0.4, -0.2) is 4.98 Å². The van der Waals surface area contributed by atoms with E-state index >= 15 is 0 Å². The van der Waals surface area contributed by atoms with Crippen molar-refractivity contribution in [2.24, 2.45) is 0 Å². The van der Waals surface area contributed by atoms with E-state index in [-0.39, 0.29) is 6.04 Å². The number of hydrogen-bond acceptors (Lipinski definition) is 2. The lowest BCUT2D eigenvalue weighted by molar-refractivity contribution is 0.873. The van der Waals surface area contributed by atoms with Gasteiger partial charge in [-0.25, -0.2) is 0 Å². The number of halogens is 2. The third kappa shape index (κ3) is 3.12. The van der Waals surface area contributed by atoms with Crippen LogP contribution in [-0.2, 0) is 0 Å². The van der Waals surface area contributed by atoms with Crippen molar-refractivity contribution in [3.05, 3.63) is 56.7 Å². The van der Waals surface area contributed by atoms with Gasteiger partial charge in [0.2, 0.25) is 0 Å². The normalized spacial score (nSPS) is 12.2. The van der Waals surface area contributed by atoms with Crippen LogP contribution in [0.1, 0.15) is 24.2 Å². The van der Waals surface area contributed by atoms with Crippen LogP contribution in [0.3, 0.4) is 0 Å². The highest BCUT2D eigenvalue weighted by Gasteiger charge is 2.10. The van der Waals surface area contributed by atoms with Crippen molar-refractivity contribution in [1.29, 1.82) is 0 Å². The van der Waals surface area contributed by atoms with E-state index in [1.165, 1.54) is 5.56 Å². The van der Waals surface area contributed by atoms with Gasteiger partial charge in [0.1, 0.15) is 0 Å². The summed E-state index contributed by atoms with van der Waals surface area (Å²) in [7, 11) is 0. The largest absolute Gasteiger partial charge is 0.377 e. The molecule has 1 atom stereocenters. The molecular formula is C14H14Br2N2. The zero-order valence-electron chi connectivity index (χ0n) is 10.2. The predicted molar refractivity (Wildman–Crippen MR) is 82.9 cm³/mol. The first-order valence-corrected chi connectivity index (χ1v) is 7.29. The second-order valence-electron chi connectivity index (χ2n) is 4.17. The number of nitrogens with zero attached hydrogens (tertiary/aromatic N) is 1. The topological polar surface area (TPSA) is 24.9 Å². The van der Waals surface area contributed by atoms with Crippen LogP contribution >= 0.6 is 31.9 Å². The maximum absolute atomic E-state index is 4.28. The second kappa shape index (κ2) is 5.85. The average Bonchev–Trinajstić information content (AvgIpc) is 2.32. The number of hydrogen-bond donors (Lipinski definition) is 1. The van der Waals surface area contributed by atoms with E-state index in [9.17, 15) is 0 Å². The number of anilines is 1. The van der Waals surface area contributed by atoms with Crippen LogP contribution < -0.4 is 5.32 Å². The zero-order chi connectivity index (χ0) is 13.1. The van der Waals surface area contributed by atoms with Crippen molar-refractivity contribution < 1.29 is 0 Å². The molecule has 1 unspecified atom stereocenters. The highest BCUT2D eigenvalue weighted by atomic mass is 79.9. The van der Waals surface area contributed by atoms with Gasteiger partial charge < -0.3 is 5.32 Å². The molecule has 2 nitrogen and oxygen atoms in total. The molecule has 0 bridgehead atoms. The summed E-state index contributed by atoms with van der Waals surface area (Å²) in [4.78, 5) is 4.28. The van der Waals surface area contributed by atoms with Gasteiger partial charge >= 0.3 is 0 Å². The summed E-state index contributed by atoms with van der Waals surface area (Å²) in [5, 5.41) is 3.48. The van der Waals surface area contributed by atoms with E-state index in [1.54, 1.807) is 6.20 Å². The van der Waals surface area contributed by atoms with E-state index < -0.39 is 0 Å². The van der Waals surface area contributed by atoms with Crippen LogP contribution in [0.2, 0.25) is 0 Å². The van der Waals surface area contributed by atoms with E-state index in [4.69, 9.17) is 0 Å². The standard InChI is InChI=1S/C14H14Br2N2/c1-9(12-6-5-11(15)8-13(12)16)18-14-4-3-7-17-10(14)2/h3-9,18H,1-2H3. The van der Waals surface area contributed by atoms with Gasteiger partial charge in [0.25, 0.3) is 0 Å². The van der Waals surface area contributed by atoms with Crippen LogP contribution in [0.5, 0.6) is 0 Å². The molecule has 0 aliphatic heterocycles. The number of aromatic nitrogens is 1. The average molecular weight is 370 g/mol. The summed E-state index contributed by atoms with van der Waals surface area (Å²) in [6, 6.07) is 10.4. The highest BCUT2D eigenvalue weighted by Crippen LogP contribution is 2.29. The lowest BCUT2D eigenvalue weighted by atomic mass is 10.1. The molecule has 2 aromatic rings. The Morgan fingerprint density at radius 1 is 1.22 bits per heavy atom. The predicted octanol–water partition coefficient (Wildman–Crippen LogP) is 5.09. The highest BCUT2D eigenvalue weighted by molar-refractivity contribution is 9.11. The molecule has 94 valence electrons. The fourth-order valence-corrected chi connectivity index (χ4v) is 3.19. The molecule has 1 N–H and O–H groups in total. The van der Waals surface area contributed by atoms with E-state index in [2.05, 4.69) is 61.2 Å². The van der Waals surface area contributed by atoms with Gasteiger partial charge in [-0.2, -0.15) is 0 Å². The molecule has 0 aliphatic carbocycles. The third-order valence-electron chi connectivity index (χ3n) is 2.81. The quantitative estimate of drug-likeness (QED) is 0.815. The van der Waals surface area contributed by atoms with Gasteiger partial charge in [-0.15, -0.1) is 0 Å². The summed E-state index contributed by atoms with van der Waals surface area (Å²) in [6.45, 7) is 4.14. The van der Waals surface area contributed by atoms with E-state index in [0.29, 0.717) is 0 Å². The molecule has 0 radical (unpaired) electrons. The summed E-state index contributed by atoms with van der Waals surface area (Å²) in [5.74, 6) is 0. The van der Waals surface area contributed by atoms with Gasteiger partial charge in [0.15, 0.2) is 0 Å². The first-order chi connectivity index (χ1) is 8.58. The Kier molecular flexibility index (Phi) is 4.40. The maximum Gasteiger partial charge on any atom is 0.0603 e. The summed E-state index contributed by atoms with van der Waals surface area (Å²) >= 11 is 7.06. The van der Waals surface area contributed by atoms with Crippen LogP contribution in [0.15, 0.2) is 45.5 Å². The van der Waals surface area contributed by atoms with Crippen LogP contribution in [0.25, 0.3) is 0 Å². The molecule has 2 rings (SSSR count). The number of pyridine rings is 1. The third-order valence-corrected chi connectivity index (χ3v) is 3.99. The number of nitrogens with one attached hydrogen (secondary N) is 1. The summed E-state index contributed by atoms with van der Waals surface area (Å²) < 4.78 is 2.17. The fraction of sp³-hybridized carbons (Fsp3) is 0.214. The minimum atomic E-state index is 0.218. The molecule has 0 spiro atoms. The van der Waals surface area contributed by atoms with Crippen molar-refractivity contribution in [1.82, 2.24) is 4.98 Å². The van der Waals surface area contributed by atoms with Crippen molar-refractivity contribution >= 4 is 37.5 Å². The molecule has 1 heterocycles. The second-order valence-corrected chi connectivity index (χ2v) is 5.94. The number of aryl methyl sites for hydroxylation is 1. The van der Waals surface area contributed by atoms with Crippen molar-refractivity contribution in [3.8, 4) is 0 Å². The van der Waals surface area contributed by atoms with Crippen molar-refractivity contribution in [3.63, 3.8) is 0 Å². The van der Waals surface area contributed by atoms with Gasteiger partial charge in [-0.05, 0) is 43.7 Å². The van der Waals surface area contributed by atoms with Gasteiger partial charge in [-0.3, -0.25) is 4.98 Å². The van der Waals surface area contributed by atoms with E-state index in [1.807, 2.05) is 25.1 Å². The number of rotatable bonds is 3. The molecule has 0 fully saturated rings. The van der Waals surface area contributed by atoms with Gasteiger partial charge in [0, 0.05) is 21.2 Å². The van der Waals surface area contributed by atoms with Crippen LogP contribution in [0, 0.1) is 6.92 Å². The zero-order valence-corrected chi connectivity index (χ0v) is 13.4. The van der Waals surface area contributed by atoms with E-state index in [0.717, 1.165) is 20.3 Å². The Balaban J connectivity index is 2.22. The molecule has 1 aromatic heterocycles. The molecule has 0 saturated carbocycles. The lowest BCUT2D eigenvalue weighted by Gasteiger charge is -2.18. The SMILES string of the molecule is Cc1ncccc1NC(C)c1ccc(Br)cc1Br. The van der Waals surface area contributed by atoms with Crippen molar-refractivity contribution in [2.75, 3.05) is 5.32 Å². The lowest BCUT2D eigenvalue weighted by Crippen LogP contribution is -2.08. The Hall–Kier alpha value is -0.870. The fourth-order valence-electron chi connectivity index (χ4n) is 1.80. The molecule has 0 amide bonds. The Morgan fingerprint density at radius 2 is 2.00 bits per heavy atom. The molecule has 18 heavy (non-hydrogen) atoms. The number of benzene rings is 1. The van der Waals surface area contributed by atoms with Crippen LogP contribution in [0.4, 0.5) is 5.69 Å². The van der Waals surface area contributed by atoms with Crippen molar-refractivity contribution in [2.45, 2.75) is 19.9 Å². The maximum atomic E-state index is 4.28. The minimum Gasteiger partial charge on any atom is -0.377 e. The minimum absolute atomic E-state index is 0.218. The molecular weight excluding hydrogens is 356 g/mol. The molecule has 1 aromatic carbocycles.